The maximum atomic E-state index is 12.4. The number of aryl methyl sites for hydroxylation is 2. The second kappa shape index (κ2) is 6.75. The standard InChI is InChI=1S/C20H23N3O2/c1-25-19-10-16-4-2-3-15(16)9-17(19)11-22-20(24)23-12-18(13-23)14-5-7-21-8-6-14/h5-10,18H,2-4,11-13H2,1H3,(H,22,24). The second-order valence-corrected chi connectivity index (χ2v) is 6.83. The fraction of sp³-hybridized carbons (Fsp3) is 0.400. The van der Waals surface area contributed by atoms with Crippen molar-refractivity contribution in [1.82, 2.24) is 15.2 Å². The van der Waals surface area contributed by atoms with E-state index in [-0.39, 0.29) is 6.03 Å². The van der Waals surface area contributed by atoms with Crippen LogP contribution in [-0.2, 0) is 19.4 Å². The summed E-state index contributed by atoms with van der Waals surface area (Å²) >= 11 is 0. The van der Waals surface area contributed by atoms with Crippen molar-refractivity contribution in [2.24, 2.45) is 0 Å². The zero-order valence-corrected chi connectivity index (χ0v) is 14.5. The average Bonchev–Trinajstić information content (AvgIpc) is 3.06. The Morgan fingerprint density at radius 2 is 1.96 bits per heavy atom. The molecule has 0 radical (unpaired) electrons. The molecule has 1 aromatic carbocycles. The summed E-state index contributed by atoms with van der Waals surface area (Å²) in [6.07, 6.45) is 7.07. The summed E-state index contributed by atoms with van der Waals surface area (Å²) < 4.78 is 5.51. The van der Waals surface area contributed by atoms with Crippen LogP contribution in [0.1, 0.15) is 34.6 Å². The Labute approximate surface area is 148 Å². The molecule has 130 valence electrons. The van der Waals surface area contributed by atoms with Crippen LogP contribution in [0, 0.1) is 0 Å². The molecular formula is C20H23N3O2. The Morgan fingerprint density at radius 3 is 2.68 bits per heavy atom. The number of urea groups is 1. The van der Waals surface area contributed by atoms with Gasteiger partial charge in [-0.3, -0.25) is 4.98 Å². The van der Waals surface area contributed by atoms with E-state index in [1.54, 1.807) is 19.5 Å². The molecule has 2 aromatic rings. The van der Waals surface area contributed by atoms with Crippen molar-refractivity contribution in [3.63, 3.8) is 0 Å². The van der Waals surface area contributed by atoms with Gasteiger partial charge in [-0.25, -0.2) is 4.79 Å². The van der Waals surface area contributed by atoms with Gasteiger partial charge >= 0.3 is 6.03 Å². The van der Waals surface area contributed by atoms with E-state index in [2.05, 4.69) is 22.4 Å². The lowest BCUT2D eigenvalue weighted by Gasteiger charge is -2.39. The summed E-state index contributed by atoms with van der Waals surface area (Å²) in [7, 11) is 1.69. The number of hydrogen-bond donors (Lipinski definition) is 1. The van der Waals surface area contributed by atoms with Gasteiger partial charge in [-0.1, -0.05) is 6.07 Å². The topological polar surface area (TPSA) is 54.5 Å². The van der Waals surface area contributed by atoms with Crippen LogP contribution >= 0.6 is 0 Å². The summed E-state index contributed by atoms with van der Waals surface area (Å²) in [6, 6.07) is 8.36. The van der Waals surface area contributed by atoms with E-state index < -0.39 is 0 Å². The minimum Gasteiger partial charge on any atom is -0.496 e. The third-order valence-corrected chi connectivity index (χ3v) is 5.27. The highest BCUT2D eigenvalue weighted by atomic mass is 16.5. The molecule has 0 unspecified atom stereocenters. The molecule has 0 bridgehead atoms. The number of fused-ring (bicyclic) bond motifs is 1. The van der Waals surface area contributed by atoms with Gasteiger partial charge in [0.1, 0.15) is 5.75 Å². The van der Waals surface area contributed by atoms with Gasteiger partial charge in [0.15, 0.2) is 0 Å². The highest BCUT2D eigenvalue weighted by molar-refractivity contribution is 5.75. The first-order valence-corrected chi connectivity index (χ1v) is 8.86. The second-order valence-electron chi connectivity index (χ2n) is 6.83. The summed E-state index contributed by atoms with van der Waals surface area (Å²) in [5, 5.41) is 3.03. The number of benzene rings is 1. The number of carbonyl (C=O) groups is 1. The Balaban J connectivity index is 1.34. The van der Waals surface area contributed by atoms with Gasteiger partial charge in [-0.15, -0.1) is 0 Å². The van der Waals surface area contributed by atoms with E-state index >= 15 is 0 Å². The van der Waals surface area contributed by atoms with Gasteiger partial charge in [0.05, 0.1) is 7.11 Å². The molecule has 0 atom stereocenters. The number of ether oxygens (including phenoxy) is 1. The maximum absolute atomic E-state index is 12.4. The number of aromatic nitrogens is 1. The molecule has 2 amide bonds. The first kappa shape index (κ1) is 15.9. The zero-order chi connectivity index (χ0) is 17.2. The van der Waals surface area contributed by atoms with Gasteiger partial charge in [-0.2, -0.15) is 0 Å². The van der Waals surface area contributed by atoms with Crippen LogP contribution in [0.5, 0.6) is 5.75 Å². The lowest BCUT2D eigenvalue weighted by molar-refractivity contribution is 0.151. The van der Waals surface area contributed by atoms with E-state index in [9.17, 15) is 4.79 Å². The third-order valence-electron chi connectivity index (χ3n) is 5.27. The summed E-state index contributed by atoms with van der Waals surface area (Å²) in [6.45, 7) is 2.03. The quantitative estimate of drug-likeness (QED) is 0.933. The van der Waals surface area contributed by atoms with Gasteiger partial charge in [0, 0.05) is 43.5 Å². The normalized spacial score (nSPS) is 16.3. The Bertz CT molecular complexity index is 770. The molecule has 5 nitrogen and oxygen atoms in total. The lowest BCUT2D eigenvalue weighted by atomic mass is 9.93. The number of amides is 2. The minimum absolute atomic E-state index is 0.00661. The molecule has 1 saturated heterocycles. The molecule has 1 aromatic heterocycles. The van der Waals surface area contributed by atoms with E-state index in [1.165, 1.54) is 23.1 Å². The number of nitrogens with zero attached hydrogens (tertiary/aromatic N) is 2. The fourth-order valence-corrected chi connectivity index (χ4v) is 3.75. The summed E-state index contributed by atoms with van der Waals surface area (Å²) in [4.78, 5) is 18.3. The molecule has 5 heteroatoms. The van der Waals surface area contributed by atoms with Crippen molar-refractivity contribution in [3.8, 4) is 5.75 Å². The lowest BCUT2D eigenvalue weighted by Crippen LogP contribution is -2.52. The molecule has 1 N–H and O–H groups in total. The van der Waals surface area contributed by atoms with Crippen LogP contribution in [0.3, 0.4) is 0 Å². The van der Waals surface area contributed by atoms with Crippen LogP contribution < -0.4 is 10.1 Å². The average molecular weight is 337 g/mol. The number of hydrogen-bond acceptors (Lipinski definition) is 3. The number of rotatable bonds is 4. The number of pyridine rings is 1. The monoisotopic (exact) mass is 337 g/mol. The number of methoxy groups -OCH3 is 1. The highest BCUT2D eigenvalue weighted by Crippen LogP contribution is 2.30. The smallest absolute Gasteiger partial charge is 0.317 e. The molecule has 0 saturated carbocycles. The number of carbonyl (C=O) groups excluding carboxylic acids is 1. The van der Waals surface area contributed by atoms with Crippen molar-refractivity contribution >= 4 is 6.03 Å². The molecule has 1 aliphatic carbocycles. The van der Waals surface area contributed by atoms with Crippen LogP contribution in [0.4, 0.5) is 4.79 Å². The van der Waals surface area contributed by atoms with Crippen LogP contribution in [0.15, 0.2) is 36.7 Å². The summed E-state index contributed by atoms with van der Waals surface area (Å²) in [5.41, 5.74) is 5.09. The predicted molar refractivity (Wildman–Crippen MR) is 95.8 cm³/mol. The summed E-state index contributed by atoms with van der Waals surface area (Å²) in [5.74, 6) is 1.29. The van der Waals surface area contributed by atoms with Crippen molar-refractivity contribution in [3.05, 3.63) is 58.9 Å². The Morgan fingerprint density at radius 1 is 1.24 bits per heavy atom. The molecule has 2 heterocycles. The number of nitrogens with one attached hydrogen (secondary N) is 1. The van der Waals surface area contributed by atoms with Crippen molar-refractivity contribution in [2.45, 2.75) is 31.7 Å². The maximum Gasteiger partial charge on any atom is 0.317 e. The van der Waals surface area contributed by atoms with Gasteiger partial charge < -0.3 is 15.0 Å². The third kappa shape index (κ3) is 3.18. The Hall–Kier alpha value is -2.56. The first-order chi connectivity index (χ1) is 12.2. The SMILES string of the molecule is COc1cc2c(cc1CNC(=O)N1CC(c3ccncc3)C1)CCC2. The van der Waals surface area contributed by atoms with E-state index in [0.29, 0.717) is 12.5 Å². The zero-order valence-electron chi connectivity index (χ0n) is 14.5. The van der Waals surface area contributed by atoms with E-state index in [1.807, 2.05) is 17.0 Å². The molecule has 2 aliphatic rings. The number of likely N-dealkylation sites (tertiary alicyclic amines) is 1. The van der Waals surface area contributed by atoms with Crippen LogP contribution in [0.2, 0.25) is 0 Å². The first-order valence-electron chi connectivity index (χ1n) is 8.86. The fourth-order valence-electron chi connectivity index (χ4n) is 3.75. The largest absolute Gasteiger partial charge is 0.496 e. The Kier molecular flexibility index (Phi) is 4.30. The van der Waals surface area contributed by atoms with Crippen molar-refractivity contribution in [1.29, 1.82) is 0 Å². The molecule has 1 fully saturated rings. The van der Waals surface area contributed by atoms with Crippen molar-refractivity contribution in [2.75, 3.05) is 20.2 Å². The van der Waals surface area contributed by atoms with E-state index in [0.717, 1.165) is 37.2 Å². The molecule has 25 heavy (non-hydrogen) atoms. The molecule has 0 spiro atoms. The van der Waals surface area contributed by atoms with Gasteiger partial charge in [0.25, 0.3) is 0 Å². The van der Waals surface area contributed by atoms with Crippen LogP contribution in [-0.4, -0.2) is 36.1 Å². The van der Waals surface area contributed by atoms with Crippen molar-refractivity contribution < 1.29 is 9.53 Å². The van der Waals surface area contributed by atoms with E-state index in [4.69, 9.17) is 4.74 Å². The molecule has 4 rings (SSSR count). The molecular weight excluding hydrogens is 314 g/mol. The van der Waals surface area contributed by atoms with Crippen LogP contribution in [0.25, 0.3) is 0 Å². The molecule has 1 aliphatic heterocycles. The minimum atomic E-state index is -0.00661. The predicted octanol–water partition coefficient (Wildman–Crippen LogP) is 2.89. The van der Waals surface area contributed by atoms with Gasteiger partial charge in [0.2, 0.25) is 0 Å². The highest BCUT2D eigenvalue weighted by Gasteiger charge is 2.31. The van der Waals surface area contributed by atoms with Gasteiger partial charge in [-0.05, 0) is 54.2 Å².